The number of benzene rings is 2. The van der Waals surface area contributed by atoms with Gasteiger partial charge in [0.25, 0.3) is 23.1 Å². The summed E-state index contributed by atoms with van der Waals surface area (Å²) in [5.74, 6) is -2.18. The molecule has 1 fully saturated rings. The van der Waals surface area contributed by atoms with E-state index in [0.29, 0.717) is 6.07 Å². The standard InChI is InChI=1S/C20H19F4N3O5S/c1-32-16-4-2-3-13(17(16)21)19(29)27-9-7-26(8-10-27)18(28)12-5-6-15(25-33(30)31)14(11-12)20(22,23)24/h2-6,11,25H,7-10H2,1H3,(H,30,31). The molecule has 33 heavy (non-hydrogen) atoms. The number of amides is 2. The van der Waals surface area contributed by atoms with Gasteiger partial charge in [-0.2, -0.15) is 13.2 Å². The fourth-order valence-electron chi connectivity index (χ4n) is 3.39. The molecule has 2 aromatic carbocycles. The van der Waals surface area contributed by atoms with E-state index in [-0.39, 0.29) is 43.1 Å². The molecule has 1 saturated heterocycles. The van der Waals surface area contributed by atoms with Gasteiger partial charge in [-0.1, -0.05) is 6.07 Å². The minimum absolute atomic E-state index is 0.0260. The Morgan fingerprint density at radius 3 is 2.21 bits per heavy atom. The summed E-state index contributed by atoms with van der Waals surface area (Å²) in [7, 11) is 1.27. The average Bonchev–Trinajstić information content (AvgIpc) is 2.77. The highest BCUT2D eigenvalue weighted by atomic mass is 32.2. The van der Waals surface area contributed by atoms with Crippen LogP contribution in [0.2, 0.25) is 0 Å². The van der Waals surface area contributed by atoms with Crippen molar-refractivity contribution in [2.45, 2.75) is 6.18 Å². The van der Waals surface area contributed by atoms with Crippen LogP contribution in [-0.4, -0.2) is 63.7 Å². The molecule has 0 aromatic heterocycles. The largest absolute Gasteiger partial charge is 0.494 e. The number of ether oxygens (including phenoxy) is 1. The van der Waals surface area contributed by atoms with E-state index in [1.54, 1.807) is 4.72 Å². The van der Waals surface area contributed by atoms with Gasteiger partial charge in [-0.25, -0.2) is 8.60 Å². The molecule has 3 rings (SSSR count). The van der Waals surface area contributed by atoms with Crippen LogP contribution in [-0.2, 0) is 17.4 Å². The highest BCUT2D eigenvalue weighted by Crippen LogP contribution is 2.36. The fourth-order valence-corrected chi connectivity index (χ4v) is 3.76. The normalized spacial score (nSPS) is 15.2. The maximum absolute atomic E-state index is 14.4. The number of alkyl halides is 3. The Bertz CT molecular complexity index is 1090. The van der Waals surface area contributed by atoms with E-state index in [1.807, 2.05) is 0 Å². The first-order chi connectivity index (χ1) is 15.5. The number of rotatable bonds is 5. The van der Waals surface area contributed by atoms with E-state index in [9.17, 15) is 31.4 Å². The van der Waals surface area contributed by atoms with Gasteiger partial charge in [0.05, 0.1) is 23.9 Å². The lowest BCUT2D eigenvalue weighted by atomic mass is 10.1. The number of hydrogen-bond donors (Lipinski definition) is 2. The Labute approximate surface area is 188 Å². The lowest BCUT2D eigenvalue weighted by molar-refractivity contribution is -0.136. The summed E-state index contributed by atoms with van der Waals surface area (Å²) in [5, 5.41) is 0. The molecule has 178 valence electrons. The number of anilines is 1. The number of piperazine rings is 1. The van der Waals surface area contributed by atoms with Gasteiger partial charge >= 0.3 is 6.18 Å². The van der Waals surface area contributed by atoms with Crippen molar-refractivity contribution in [1.82, 2.24) is 9.80 Å². The first-order valence-electron chi connectivity index (χ1n) is 9.52. The topological polar surface area (TPSA) is 99.2 Å². The van der Waals surface area contributed by atoms with E-state index in [4.69, 9.17) is 9.29 Å². The second kappa shape index (κ2) is 9.75. The molecule has 0 aliphatic carbocycles. The maximum atomic E-state index is 14.4. The van der Waals surface area contributed by atoms with Crippen LogP contribution in [0, 0.1) is 5.82 Å². The van der Waals surface area contributed by atoms with Crippen LogP contribution < -0.4 is 9.46 Å². The number of halogens is 4. The van der Waals surface area contributed by atoms with Gasteiger partial charge in [0, 0.05) is 31.7 Å². The van der Waals surface area contributed by atoms with E-state index in [1.165, 1.54) is 35.1 Å². The average molecular weight is 489 g/mol. The number of methoxy groups -OCH3 is 1. The van der Waals surface area contributed by atoms with Crippen LogP contribution in [0.5, 0.6) is 5.75 Å². The first-order valence-corrected chi connectivity index (χ1v) is 10.6. The van der Waals surface area contributed by atoms with Crippen molar-refractivity contribution in [3.05, 3.63) is 58.9 Å². The van der Waals surface area contributed by atoms with Gasteiger partial charge < -0.3 is 14.5 Å². The van der Waals surface area contributed by atoms with Crippen LogP contribution in [0.25, 0.3) is 0 Å². The third-order valence-electron chi connectivity index (χ3n) is 5.04. The Hall–Kier alpha value is -3.19. The number of nitrogens with zero attached hydrogens (tertiary/aromatic N) is 2. The predicted octanol–water partition coefficient (Wildman–Crippen LogP) is 3.00. The second-order valence-corrected chi connectivity index (χ2v) is 7.72. The number of carbonyl (C=O) groups is 2. The van der Waals surface area contributed by atoms with Crippen molar-refractivity contribution in [2.24, 2.45) is 0 Å². The summed E-state index contributed by atoms with van der Waals surface area (Å²) in [5.41, 5.74) is -2.36. The number of nitrogens with one attached hydrogen (secondary N) is 1. The highest BCUT2D eigenvalue weighted by Gasteiger charge is 2.35. The van der Waals surface area contributed by atoms with Crippen molar-refractivity contribution < 1.29 is 40.6 Å². The molecule has 1 heterocycles. The third-order valence-corrected chi connectivity index (χ3v) is 5.43. The Morgan fingerprint density at radius 1 is 1.06 bits per heavy atom. The zero-order valence-corrected chi connectivity index (χ0v) is 18.0. The molecular formula is C20H19F4N3O5S. The fraction of sp³-hybridized carbons (Fsp3) is 0.300. The van der Waals surface area contributed by atoms with Crippen LogP contribution in [0.1, 0.15) is 26.3 Å². The molecule has 1 atom stereocenters. The summed E-state index contributed by atoms with van der Waals surface area (Å²) >= 11 is -2.73. The summed E-state index contributed by atoms with van der Waals surface area (Å²) in [4.78, 5) is 28.0. The lowest BCUT2D eigenvalue weighted by Gasteiger charge is -2.35. The zero-order valence-electron chi connectivity index (χ0n) is 17.2. The molecule has 1 aliphatic rings. The second-order valence-electron chi connectivity index (χ2n) is 7.02. The minimum atomic E-state index is -4.87. The Morgan fingerprint density at radius 2 is 1.67 bits per heavy atom. The molecule has 13 heteroatoms. The van der Waals surface area contributed by atoms with Crippen molar-refractivity contribution in [2.75, 3.05) is 38.0 Å². The Kier molecular flexibility index (Phi) is 7.22. The molecular weight excluding hydrogens is 470 g/mol. The third kappa shape index (κ3) is 5.42. The quantitative estimate of drug-likeness (QED) is 0.497. The molecule has 1 aliphatic heterocycles. The van der Waals surface area contributed by atoms with Gasteiger partial charge in [0.2, 0.25) is 0 Å². The van der Waals surface area contributed by atoms with E-state index < -0.39 is 46.3 Å². The van der Waals surface area contributed by atoms with Gasteiger partial charge in [0.15, 0.2) is 11.6 Å². The molecule has 2 aromatic rings. The molecule has 0 radical (unpaired) electrons. The smallest absolute Gasteiger partial charge is 0.418 e. The zero-order chi connectivity index (χ0) is 24.3. The number of carbonyl (C=O) groups excluding carboxylic acids is 2. The summed E-state index contributed by atoms with van der Waals surface area (Å²) < 4.78 is 80.7. The molecule has 1 unspecified atom stereocenters. The van der Waals surface area contributed by atoms with Crippen molar-refractivity contribution in [3.63, 3.8) is 0 Å². The molecule has 0 saturated carbocycles. The summed E-state index contributed by atoms with van der Waals surface area (Å²) in [6.45, 7) is 0.156. The summed E-state index contributed by atoms with van der Waals surface area (Å²) in [6.07, 6.45) is -4.87. The molecule has 2 amide bonds. The summed E-state index contributed by atoms with van der Waals surface area (Å²) in [6, 6.07) is 6.76. The number of hydrogen-bond acceptors (Lipinski definition) is 4. The highest BCUT2D eigenvalue weighted by molar-refractivity contribution is 7.80. The molecule has 2 N–H and O–H groups in total. The maximum Gasteiger partial charge on any atom is 0.418 e. The van der Waals surface area contributed by atoms with Crippen LogP contribution >= 0.6 is 0 Å². The van der Waals surface area contributed by atoms with Gasteiger partial charge in [0.1, 0.15) is 0 Å². The molecule has 0 spiro atoms. The van der Waals surface area contributed by atoms with E-state index in [0.717, 1.165) is 12.1 Å². The monoisotopic (exact) mass is 489 g/mol. The lowest BCUT2D eigenvalue weighted by Crippen LogP contribution is -2.50. The van der Waals surface area contributed by atoms with Crippen molar-refractivity contribution >= 4 is 28.8 Å². The minimum Gasteiger partial charge on any atom is -0.494 e. The van der Waals surface area contributed by atoms with E-state index >= 15 is 0 Å². The van der Waals surface area contributed by atoms with Crippen LogP contribution in [0.15, 0.2) is 36.4 Å². The van der Waals surface area contributed by atoms with Gasteiger partial charge in [-0.15, -0.1) is 0 Å². The van der Waals surface area contributed by atoms with Gasteiger partial charge in [-0.05, 0) is 30.3 Å². The SMILES string of the molecule is COc1cccc(C(=O)N2CCN(C(=O)c3ccc(NS(=O)O)c(C(F)(F)F)c3)CC2)c1F. The van der Waals surface area contributed by atoms with Crippen molar-refractivity contribution in [3.8, 4) is 5.75 Å². The van der Waals surface area contributed by atoms with Crippen molar-refractivity contribution in [1.29, 1.82) is 0 Å². The Balaban J connectivity index is 1.73. The van der Waals surface area contributed by atoms with Crippen LogP contribution in [0.3, 0.4) is 0 Å². The molecule has 8 nitrogen and oxygen atoms in total. The predicted molar refractivity (Wildman–Crippen MR) is 111 cm³/mol. The van der Waals surface area contributed by atoms with Gasteiger partial charge in [-0.3, -0.25) is 18.9 Å². The van der Waals surface area contributed by atoms with E-state index in [2.05, 4.69) is 0 Å². The first kappa shape index (κ1) is 24.5. The molecule has 0 bridgehead atoms. The van der Waals surface area contributed by atoms with Crippen LogP contribution in [0.4, 0.5) is 23.2 Å².